The van der Waals surface area contributed by atoms with E-state index < -0.39 is 5.97 Å². The number of anilines is 1. The van der Waals surface area contributed by atoms with Crippen LogP contribution in [0.15, 0.2) is 22.7 Å². The normalized spacial score (nSPS) is 11.7. The Balaban J connectivity index is 2.45. The lowest BCUT2D eigenvalue weighted by Crippen LogP contribution is -2.33. The van der Waals surface area contributed by atoms with Gasteiger partial charge in [-0.15, -0.1) is 0 Å². The summed E-state index contributed by atoms with van der Waals surface area (Å²) in [7, 11) is 0. The fourth-order valence-corrected chi connectivity index (χ4v) is 2.23. The molecule has 1 unspecified atom stereocenters. The van der Waals surface area contributed by atoms with E-state index in [0.29, 0.717) is 12.2 Å². The zero-order valence-electron chi connectivity index (χ0n) is 10.9. The van der Waals surface area contributed by atoms with Crippen molar-refractivity contribution < 1.29 is 14.7 Å². The van der Waals surface area contributed by atoms with Crippen LogP contribution in [0.4, 0.5) is 10.5 Å². The van der Waals surface area contributed by atoms with Gasteiger partial charge in [0, 0.05) is 23.1 Å². The maximum atomic E-state index is 11.6. The van der Waals surface area contributed by atoms with Crippen molar-refractivity contribution in [2.75, 3.05) is 11.9 Å². The first-order valence-electron chi connectivity index (χ1n) is 5.90. The molecule has 0 saturated carbocycles. The molecule has 0 fully saturated rings. The Labute approximate surface area is 120 Å². The molecule has 104 valence electrons. The van der Waals surface area contributed by atoms with Crippen molar-refractivity contribution in [2.45, 2.75) is 20.3 Å². The molecular formula is C13H17BrN2O3. The van der Waals surface area contributed by atoms with Gasteiger partial charge in [0.1, 0.15) is 0 Å². The van der Waals surface area contributed by atoms with Crippen LogP contribution in [0.1, 0.15) is 18.9 Å². The minimum atomic E-state index is -0.864. The fourth-order valence-electron chi connectivity index (χ4n) is 1.62. The van der Waals surface area contributed by atoms with Crippen molar-refractivity contribution in [1.29, 1.82) is 0 Å². The van der Waals surface area contributed by atoms with Gasteiger partial charge in [0.25, 0.3) is 0 Å². The lowest BCUT2D eigenvalue weighted by atomic mass is 10.1. The number of nitrogens with one attached hydrogen (secondary N) is 2. The number of carboxylic acids is 1. The summed E-state index contributed by atoms with van der Waals surface area (Å²) in [5.41, 5.74) is 1.72. The number of rotatable bonds is 5. The molecular weight excluding hydrogens is 312 g/mol. The van der Waals surface area contributed by atoms with Gasteiger partial charge >= 0.3 is 12.0 Å². The van der Waals surface area contributed by atoms with E-state index in [-0.39, 0.29) is 18.4 Å². The number of urea groups is 1. The Hall–Kier alpha value is -1.56. The summed E-state index contributed by atoms with van der Waals surface area (Å²) in [6.45, 7) is 4.03. The van der Waals surface area contributed by atoms with E-state index in [4.69, 9.17) is 5.11 Å². The average Bonchev–Trinajstić information content (AvgIpc) is 2.23. The van der Waals surface area contributed by atoms with E-state index in [9.17, 15) is 9.59 Å². The van der Waals surface area contributed by atoms with Crippen LogP contribution < -0.4 is 10.6 Å². The summed E-state index contributed by atoms with van der Waals surface area (Å²) in [6.07, 6.45) is 0.0380. The number of amides is 2. The summed E-state index contributed by atoms with van der Waals surface area (Å²) in [5, 5.41) is 14.0. The lowest BCUT2D eigenvalue weighted by Gasteiger charge is -2.12. The minimum absolute atomic E-state index is 0.0380. The first-order valence-corrected chi connectivity index (χ1v) is 6.70. The Morgan fingerprint density at radius 1 is 1.37 bits per heavy atom. The molecule has 0 spiro atoms. The summed E-state index contributed by atoms with van der Waals surface area (Å²) >= 11 is 3.36. The van der Waals surface area contributed by atoms with Gasteiger partial charge in [-0.2, -0.15) is 0 Å². The standard InChI is InChI=1S/C13H17BrN2O3/c1-8-3-10(14)6-11(4-8)16-13(19)15-7-9(2)5-12(17)18/h3-4,6,9H,5,7H2,1-2H3,(H,17,18)(H2,15,16,19). The molecule has 0 aliphatic rings. The Morgan fingerprint density at radius 3 is 2.63 bits per heavy atom. The van der Waals surface area contributed by atoms with Crippen LogP contribution in [0.5, 0.6) is 0 Å². The summed E-state index contributed by atoms with van der Waals surface area (Å²) in [5.74, 6) is -0.968. The molecule has 0 aromatic heterocycles. The molecule has 6 heteroatoms. The molecule has 5 nitrogen and oxygen atoms in total. The fraction of sp³-hybridized carbons (Fsp3) is 0.385. The number of carbonyl (C=O) groups is 2. The highest BCUT2D eigenvalue weighted by atomic mass is 79.9. The van der Waals surface area contributed by atoms with Gasteiger partial charge in [-0.05, 0) is 36.6 Å². The zero-order chi connectivity index (χ0) is 14.4. The monoisotopic (exact) mass is 328 g/mol. The van der Waals surface area contributed by atoms with Gasteiger partial charge < -0.3 is 15.7 Å². The largest absolute Gasteiger partial charge is 0.481 e. The van der Waals surface area contributed by atoms with Gasteiger partial charge in [-0.3, -0.25) is 4.79 Å². The smallest absolute Gasteiger partial charge is 0.319 e. The van der Waals surface area contributed by atoms with Crippen LogP contribution >= 0.6 is 15.9 Å². The number of carboxylic acid groups (broad SMARTS) is 1. The Bertz CT molecular complexity index is 457. The molecule has 3 N–H and O–H groups in total. The number of carbonyl (C=O) groups excluding carboxylic acids is 1. The molecule has 1 atom stereocenters. The third kappa shape index (κ3) is 6.24. The lowest BCUT2D eigenvalue weighted by molar-refractivity contribution is -0.137. The van der Waals surface area contributed by atoms with E-state index >= 15 is 0 Å². The summed E-state index contributed by atoms with van der Waals surface area (Å²) in [4.78, 5) is 22.1. The number of aliphatic carboxylic acids is 1. The van der Waals surface area contributed by atoms with Crippen molar-refractivity contribution in [3.63, 3.8) is 0 Å². The predicted octanol–water partition coefficient (Wildman–Crippen LogP) is 2.99. The van der Waals surface area contributed by atoms with Gasteiger partial charge in [0.15, 0.2) is 0 Å². The maximum Gasteiger partial charge on any atom is 0.319 e. The molecule has 0 aliphatic heterocycles. The average molecular weight is 329 g/mol. The van der Waals surface area contributed by atoms with Crippen molar-refractivity contribution in [1.82, 2.24) is 5.32 Å². The highest BCUT2D eigenvalue weighted by Gasteiger charge is 2.09. The molecule has 1 aromatic rings. The van der Waals surface area contributed by atoms with E-state index in [2.05, 4.69) is 26.6 Å². The van der Waals surface area contributed by atoms with Crippen LogP contribution in [-0.2, 0) is 4.79 Å². The molecule has 0 aliphatic carbocycles. The Kier molecular flexibility index (Phi) is 5.82. The van der Waals surface area contributed by atoms with E-state index in [1.165, 1.54) is 0 Å². The molecule has 1 rings (SSSR count). The van der Waals surface area contributed by atoms with Crippen molar-refractivity contribution in [3.05, 3.63) is 28.2 Å². The van der Waals surface area contributed by atoms with Crippen LogP contribution in [0.3, 0.4) is 0 Å². The summed E-state index contributed by atoms with van der Waals surface area (Å²) in [6, 6.07) is 5.26. The third-order valence-electron chi connectivity index (χ3n) is 2.43. The highest BCUT2D eigenvalue weighted by molar-refractivity contribution is 9.10. The van der Waals surface area contributed by atoms with Crippen LogP contribution in [0.2, 0.25) is 0 Å². The van der Waals surface area contributed by atoms with Gasteiger partial charge in [-0.1, -0.05) is 22.9 Å². The second-order valence-corrected chi connectivity index (χ2v) is 5.47. The molecule has 0 radical (unpaired) electrons. The molecule has 19 heavy (non-hydrogen) atoms. The summed E-state index contributed by atoms with van der Waals surface area (Å²) < 4.78 is 0.891. The molecule has 0 saturated heterocycles. The quantitative estimate of drug-likeness (QED) is 0.777. The van der Waals surface area contributed by atoms with Crippen molar-refractivity contribution in [2.24, 2.45) is 5.92 Å². The van der Waals surface area contributed by atoms with Crippen LogP contribution in [0.25, 0.3) is 0 Å². The maximum absolute atomic E-state index is 11.6. The number of halogens is 1. The molecule has 1 aromatic carbocycles. The second-order valence-electron chi connectivity index (χ2n) is 4.56. The first-order chi connectivity index (χ1) is 8.86. The van der Waals surface area contributed by atoms with Gasteiger partial charge in [0.05, 0.1) is 0 Å². The number of hydrogen-bond acceptors (Lipinski definition) is 2. The highest BCUT2D eigenvalue weighted by Crippen LogP contribution is 2.18. The zero-order valence-corrected chi connectivity index (χ0v) is 12.5. The SMILES string of the molecule is Cc1cc(Br)cc(NC(=O)NCC(C)CC(=O)O)c1. The van der Waals surface area contributed by atoms with Gasteiger partial charge in [0.2, 0.25) is 0 Å². The molecule has 0 bridgehead atoms. The van der Waals surface area contributed by atoms with Gasteiger partial charge in [-0.25, -0.2) is 4.79 Å². The van der Waals surface area contributed by atoms with Crippen LogP contribution in [-0.4, -0.2) is 23.7 Å². The third-order valence-corrected chi connectivity index (χ3v) is 2.89. The second kappa shape index (κ2) is 7.13. The first kappa shape index (κ1) is 15.5. The molecule has 2 amide bonds. The Morgan fingerprint density at radius 2 is 2.05 bits per heavy atom. The molecule has 0 heterocycles. The van der Waals surface area contributed by atoms with E-state index in [0.717, 1.165) is 10.0 Å². The van der Waals surface area contributed by atoms with Crippen molar-refractivity contribution in [3.8, 4) is 0 Å². The minimum Gasteiger partial charge on any atom is -0.481 e. The number of aryl methyl sites for hydroxylation is 1. The van der Waals surface area contributed by atoms with E-state index in [1.54, 1.807) is 13.0 Å². The number of hydrogen-bond donors (Lipinski definition) is 3. The van der Waals surface area contributed by atoms with E-state index in [1.807, 2.05) is 19.1 Å². The van der Waals surface area contributed by atoms with Crippen LogP contribution in [0, 0.1) is 12.8 Å². The predicted molar refractivity (Wildman–Crippen MR) is 77.3 cm³/mol. The van der Waals surface area contributed by atoms with Crippen molar-refractivity contribution >= 4 is 33.6 Å². The number of benzene rings is 1. The topological polar surface area (TPSA) is 78.4 Å².